The van der Waals surface area contributed by atoms with Crippen molar-refractivity contribution in [1.29, 1.82) is 0 Å². The Morgan fingerprint density at radius 2 is 1.65 bits per heavy atom. The Morgan fingerprint density at radius 3 is 2.30 bits per heavy atom. The minimum absolute atomic E-state index is 0.152. The van der Waals surface area contributed by atoms with Gasteiger partial charge in [0.25, 0.3) is 11.8 Å². The molecule has 1 aliphatic rings. The van der Waals surface area contributed by atoms with Gasteiger partial charge in [-0.05, 0) is 48.7 Å². The smallest absolute Gasteiger partial charge is 0.251 e. The molecule has 0 heterocycles. The quantitative estimate of drug-likeness (QED) is 0.892. The third-order valence-corrected chi connectivity index (χ3v) is 3.67. The molecule has 1 aliphatic carbocycles. The zero-order valence-electron chi connectivity index (χ0n) is 12.5. The summed E-state index contributed by atoms with van der Waals surface area (Å²) in [6, 6.07) is 12.8. The highest BCUT2D eigenvalue weighted by Crippen LogP contribution is 2.19. The Balaban J connectivity index is 1.62. The molecule has 0 atom stereocenters. The van der Waals surface area contributed by atoms with E-state index in [1.807, 2.05) is 0 Å². The van der Waals surface area contributed by atoms with Gasteiger partial charge in [-0.1, -0.05) is 18.2 Å². The van der Waals surface area contributed by atoms with Gasteiger partial charge >= 0.3 is 0 Å². The Morgan fingerprint density at radius 1 is 1.00 bits per heavy atom. The van der Waals surface area contributed by atoms with Gasteiger partial charge in [0.05, 0.1) is 0 Å². The van der Waals surface area contributed by atoms with Gasteiger partial charge in [0.15, 0.2) is 0 Å². The lowest BCUT2D eigenvalue weighted by molar-refractivity contribution is 0.0950. The van der Waals surface area contributed by atoms with E-state index in [9.17, 15) is 14.0 Å². The molecule has 0 aliphatic heterocycles. The maximum Gasteiger partial charge on any atom is 0.251 e. The minimum atomic E-state index is -0.311. The summed E-state index contributed by atoms with van der Waals surface area (Å²) >= 11 is 0. The van der Waals surface area contributed by atoms with Crippen molar-refractivity contribution in [3.8, 4) is 0 Å². The molecule has 2 N–H and O–H groups in total. The summed E-state index contributed by atoms with van der Waals surface area (Å²) in [4.78, 5) is 24.2. The van der Waals surface area contributed by atoms with Crippen LogP contribution in [-0.4, -0.2) is 17.9 Å². The van der Waals surface area contributed by atoms with Crippen molar-refractivity contribution in [1.82, 2.24) is 10.6 Å². The van der Waals surface area contributed by atoms with Gasteiger partial charge in [0, 0.05) is 23.7 Å². The van der Waals surface area contributed by atoms with Crippen LogP contribution in [0, 0.1) is 5.82 Å². The first-order valence-electron chi connectivity index (χ1n) is 7.55. The predicted octanol–water partition coefficient (Wildman–Crippen LogP) is 2.65. The third kappa shape index (κ3) is 4.16. The van der Waals surface area contributed by atoms with Crippen LogP contribution >= 0.6 is 0 Å². The number of benzene rings is 2. The largest absolute Gasteiger partial charge is 0.349 e. The molecular weight excluding hydrogens is 295 g/mol. The second-order valence-corrected chi connectivity index (χ2v) is 5.64. The van der Waals surface area contributed by atoms with Crippen molar-refractivity contribution in [3.05, 3.63) is 71.0 Å². The zero-order chi connectivity index (χ0) is 16.2. The number of carbonyl (C=O) groups excluding carboxylic acids is 2. The van der Waals surface area contributed by atoms with Crippen LogP contribution in [0.4, 0.5) is 4.39 Å². The molecule has 1 saturated carbocycles. The highest BCUT2D eigenvalue weighted by Gasteiger charge is 2.24. The molecule has 1 fully saturated rings. The second kappa shape index (κ2) is 6.60. The molecule has 23 heavy (non-hydrogen) atoms. The highest BCUT2D eigenvalue weighted by atomic mass is 19.1. The standard InChI is InChI=1S/C18H17FN2O2/c19-15-6-4-12(5-7-15)11-20-17(22)13-2-1-3-14(10-13)18(23)21-16-8-9-16/h1-7,10,16H,8-9,11H2,(H,20,22)(H,21,23). The number of nitrogens with one attached hydrogen (secondary N) is 2. The SMILES string of the molecule is O=C(NCc1ccc(F)cc1)c1cccc(C(=O)NC2CC2)c1. The monoisotopic (exact) mass is 312 g/mol. The van der Waals surface area contributed by atoms with Gasteiger partial charge in [0.1, 0.15) is 5.82 Å². The number of rotatable bonds is 5. The Hall–Kier alpha value is -2.69. The summed E-state index contributed by atoms with van der Waals surface area (Å²) in [7, 11) is 0. The zero-order valence-corrected chi connectivity index (χ0v) is 12.5. The fraction of sp³-hybridized carbons (Fsp3) is 0.222. The van der Waals surface area contributed by atoms with Crippen molar-refractivity contribution in [2.45, 2.75) is 25.4 Å². The van der Waals surface area contributed by atoms with Gasteiger partial charge in [0.2, 0.25) is 0 Å². The molecule has 0 radical (unpaired) electrons. The number of halogens is 1. The number of hydrogen-bond donors (Lipinski definition) is 2. The van der Waals surface area contributed by atoms with Crippen LogP contribution in [0.3, 0.4) is 0 Å². The lowest BCUT2D eigenvalue weighted by Crippen LogP contribution is -2.26. The van der Waals surface area contributed by atoms with Crippen LogP contribution < -0.4 is 10.6 Å². The summed E-state index contributed by atoms with van der Waals surface area (Å²) in [6.45, 7) is 0.303. The van der Waals surface area contributed by atoms with E-state index in [-0.39, 0.29) is 23.7 Å². The summed E-state index contributed by atoms with van der Waals surface area (Å²) in [6.07, 6.45) is 2.03. The van der Waals surface area contributed by atoms with E-state index in [1.54, 1.807) is 36.4 Å². The van der Waals surface area contributed by atoms with Gasteiger partial charge in [-0.15, -0.1) is 0 Å². The number of hydrogen-bond acceptors (Lipinski definition) is 2. The summed E-state index contributed by atoms with van der Waals surface area (Å²) in [5.74, 6) is -0.731. The average Bonchev–Trinajstić information content (AvgIpc) is 3.38. The molecule has 3 rings (SSSR count). The average molecular weight is 312 g/mol. The van der Waals surface area contributed by atoms with Crippen molar-refractivity contribution >= 4 is 11.8 Å². The fourth-order valence-corrected chi connectivity index (χ4v) is 2.18. The third-order valence-electron chi connectivity index (χ3n) is 3.67. The normalized spacial score (nSPS) is 13.4. The summed E-state index contributed by atoms with van der Waals surface area (Å²) in [5, 5.41) is 5.65. The molecule has 5 heteroatoms. The van der Waals surface area contributed by atoms with Crippen LogP contribution in [0.25, 0.3) is 0 Å². The van der Waals surface area contributed by atoms with Crippen molar-refractivity contribution < 1.29 is 14.0 Å². The molecule has 2 amide bonds. The van der Waals surface area contributed by atoms with Gasteiger partial charge in [-0.25, -0.2) is 4.39 Å². The van der Waals surface area contributed by atoms with E-state index in [0.717, 1.165) is 18.4 Å². The topological polar surface area (TPSA) is 58.2 Å². The first-order chi connectivity index (χ1) is 11.1. The van der Waals surface area contributed by atoms with Crippen molar-refractivity contribution in [2.24, 2.45) is 0 Å². The van der Waals surface area contributed by atoms with Gasteiger partial charge in [-0.2, -0.15) is 0 Å². The first kappa shape index (κ1) is 15.2. The van der Waals surface area contributed by atoms with Crippen LogP contribution in [0.2, 0.25) is 0 Å². The fourth-order valence-electron chi connectivity index (χ4n) is 2.18. The number of carbonyl (C=O) groups is 2. The Bertz CT molecular complexity index is 724. The van der Waals surface area contributed by atoms with Crippen molar-refractivity contribution in [3.63, 3.8) is 0 Å². The van der Waals surface area contributed by atoms with Crippen LogP contribution in [0.1, 0.15) is 39.1 Å². The van der Waals surface area contributed by atoms with E-state index in [4.69, 9.17) is 0 Å². The van der Waals surface area contributed by atoms with E-state index in [2.05, 4.69) is 10.6 Å². The lowest BCUT2D eigenvalue weighted by atomic mass is 10.1. The van der Waals surface area contributed by atoms with Crippen LogP contribution in [0.15, 0.2) is 48.5 Å². The molecule has 0 unspecified atom stereocenters. The molecule has 0 bridgehead atoms. The van der Waals surface area contributed by atoms with Gasteiger partial charge < -0.3 is 10.6 Å². The molecule has 0 spiro atoms. The number of amides is 2. The summed E-state index contributed by atoms with van der Waals surface area (Å²) in [5.41, 5.74) is 1.71. The Kier molecular flexibility index (Phi) is 4.37. The van der Waals surface area contributed by atoms with Crippen LogP contribution in [0.5, 0.6) is 0 Å². The Labute approximate surface area is 133 Å². The predicted molar refractivity (Wildman–Crippen MR) is 84.5 cm³/mol. The molecule has 0 saturated heterocycles. The first-order valence-corrected chi connectivity index (χ1v) is 7.55. The molecule has 2 aromatic carbocycles. The molecule has 4 nitrogen and oxygen atoms in total. The molecule has 2 aromatic rings. The van der Waals surface area contributed by atoms with Gasteiger partial charge in [-0.3, -0.25) is 9.59 Å². The van der Waals surface area contributed by atoms with E-state index in [0.29, 0.717) is 17.7 Å². The molecule has 118 valence electrons. The van der Waals surface area contributed by atoms with E-state index >= 15 is 0 Å². The minimum Gasteiger partial charge on any atom is -0.349 e. The maximum absolute atomic E-state index is 12.8. The second-order valence-electron chi connectivity index (χ2n) is 5.64. The highest BCUT2D eigenvalue weighted by molar-refractivity contribution is 5.99. The lowest BCUT2D eigenvalue weighted by Gasteiger charge is -2.08. The van der Waals surface area contributed by atoms with E-state index < -0.39 is 0 Å². The van der Waals surface area contributed by atoms with Crippen LogP contribution in [-0.2, 0) is 6.54 Å². The van der Waals surface area contributed by atoms with E-state index in [1.165, 1.54) is 12.1 Å². The molecular formula is C18H17FN2O2. The van der Waals surface area contributed by atoms with Crippen molar-refractivity contribution in [2.75, 3.05) is 0 Å². The summed E-state index contributed by atoms with van der Waals surface area (Å²) < 4.78 is 12.8. The maximum atomic E-state index is 12.8. The molecule has 0 aromatic heterocycles.